The summed E-state index contributed by atoms with van der Waals surface area (Å²) in [5.74, 6) is -14.5. The topological polar surface area (TPSA) is 78.9 Å². The highest BCUT2D eigenvalue weighted by molar-refractivity contribution is 5.71. The van der Waals surface area contributed by atoms with Gasteiger partial charge in [-0.15, -0.1) is 0 Å². The Hall–Kier alpha value is -2.69. The van der Waals surface area contributed by atoms with E-state index in [9.17, 15) is 67.1 Å². The van der Waals surface area contributed by atoms with E-state index in [4.69, 9.17) is 14.2 Å². The summed E-state index contributed by atoms with van der Waals surface area (Å²) < 4.78 is 175. The van der Waals surface area contributed by atoms with Crippen LogP contribution in [0, 0.1) is 23.7 Å². The fourth-order valence-corrected chi connectivity index (χ4v) is 6.01. The number of halogens is 12. The molecule has 0 aromatic rings. The van der Waals surface area contributed by atoms with E-state index in [1.807, 2.05) is 0 Å². The predicted molar refractivity (Wildman–Crippen MR) is 188 cm³/mol. The van der Waals surface area contributed by atoms with Crippen molar-refractivity contribution in [3.8, 4) is 0 Å². The number of unbranched alkanes of at least 4 members (excludes halogenated alkanes) is 11. The second kappa shape index (κ2) is 27.9. The summed E-state index contributed by atoms with van der Waals surface area (Å²) in [4.78, 5) is 37.3. The monoisotopic (exact) mass is 852 g/mol. The Bertz CT molecular complexity index is 1070. The van der Waals surface area contributed by atoms with Crippen LogP contribution in [0.5, 0.6) is 0 Å². The number of rotatable bonds is 30. The molecular weight excluding hydrogens is 792 g/mol. The minimum absolute atomic E-state index is 0.214. The third-order valence-corrected chi connectivity index (χ3v) is 9.60. The maximum absolute atomic E-state index is 13.6. The lowest BCUT2D eigenvalue weighted by molar-refractivity contribution is -0.215. The second-order valence-corrected chi connectivity index (χ2v) is 14.5. The molecule has 336 valence electrons. The number of allylic oxidation sites excluding steroid dienone is 2. The van der Waals surface area contributed by atoms with Crippen molar-refractivity contribution in [1.82, 2.24) is 0 Å². The van der Waals surface area contributed by atoms with Crippen molar-refractivity contribution in [3.05, 3.63) is 12.2 Å². The van der Waals surface area contributed by atoms with Gasteiger partial charge >= 0.3 is 42.6 Å². The molecule has 0 saturated carbocycles. The van der Waals surface area contributed by atoms with Crippen molar-refractivity contribution < 1.29 is 81.3 Å². The van der Waals surface area contributed by atoms with E-state index in [0.29, 0.717) is 12.8 Å². The number of hydrogen-bond acceptors (Lipinski definition) is 6. The van der Waals surface area contributed by atoms with Gasteiger partial charge in [-0.05, 0) is 57.8 Å². The lowest BCUT2D eigenvalue weighted by Crippen LogP contribution is -2.35. The fraction of sp³-hybridized carbons (Fsp3) is 0.872. The van der Waals surface area contributed by atoms with Crippen LogP contribution in [-0.4, -0.2) is 61.9 Å². The van der Waals surface area contributed by atoms with Gasteiger partial charge in [0.05, 0.1) is 36.5 Å². The maximum Gasteiger partial charge on any atom is 0.392 e. The van der Waals surface area contributed by atoms with Gasteiger partial charge in [0, 0.05) is 6.42 Å². The average molecular weight is 853 g/mol. The molecule has 4 atom stereocenters. The van der Waals surface area contributed by atoms with Gasteiger partial charge < -0.3 is 14.2 Å². The zero-order valence-electron chi connectivity index (χ0n) is 33.1. The summed E-state index contributed by atoms with van der Waals surface area (Å²) in [5, 5.41) is 0. The van der Waals surface area contributed by atoms with Crippen LogP contribution in [0.25, 0.3) is 0 Å². The molecule has 0 aliphatic heterocycles. The molecule has 6 nitrogen and oxygen atoms in total. The van der Waals surface area contributed by atoms with Crippen molar-refractivity contribution in [3.63, 3.8) is 0 Å². The van der Waals surface area contributed by atoms with E-state index in [2.05, 4.69) is 19.1 Å². The molecule has 0 fully saturated rings. The van der Waals surface area contributed by atoms with E-state index >= 15 is 0 Å². The fourth-order valence-electron chi connectivity index (χ4n) is 6.01. The summed E-state index contributed by atoms with van der Waals surface area (Å²) in [5.41, 5.74) is 0. The van der Waals surface area contributed by atoms with E-state index in [1.54, 1.807) is 0 Å². The summed E-state index contributed by atoms with van der Waals surface area (Å²) in [7, 11) is 0. The zero-order valence-corrected chi connectivity index (χ0v) is 33.1. The molecular formula is C39H60F12O6. The molecule has 0 amide bonds. The zero-order chi connectivity index (χ0) is 43.7. The van der Waals surface area contributed by atoms with E-state index in [-0.39, 0.29) is 6.42 Å². The predicted octanol–water partition coefficient (Wildman–Crippen LogP) is 13.1. The first-order chi connectivity index (χ1) is 26.4. The Labute approximate surface area is 328 Å². The first-order valence-electron chi connectivity index (χ1n) is 19.9. The summed E-state index contributed by atoms with van der Waals surface area (Å²) >= 11 is 0. The van der Waals surface area contributed by atoms with E-state index in [1.165, 1.54) is 32.1 Å². The summed E-state index contributed by atoms with van der Waals surface area (Å²) in [6, 6.07) is 0. The van der Waals surface area contributed by atoms with Crippen molar-refractivity contribution in [1.29, 1.82) is 0 Å². The van der Waals surface area contributed by atoms with Crippen LogP contribution in [0.1, 0.15) is 149 Å². The highest BCUT2D eigenvalue weighted by Crippen LogP contribution is 2.42. The maximum atomic E-state index is 13.6. The van der Waals surface area contributed by atoms with E-state index in [0.717, 1.165) is 52.4 Å². The minimum Gasteiger partial charge on any atom is -0.462 e. The van der Waals surface area contributed by atoms with Crippen LogP contribution in [0.2, 0.25) is 0 Å². The van der Waals surface area contributed by atoms with Gasteiger partial charge in [0.2, 0.25) is 0 Å². The third kappa shape index (κ3) is 26.8. The summed E-state index contributed by atoms with van der Waals surface area (Å²) in [6.07, 6.45) is -12.9. The number of alkyl halides is 12. The molecule has 0 aromatic heterocycles. The molecule has 57 heavy (non-hydrogen) atoms. The number of carbonyl (C=O) groups is 3. The molecule has 0 spiro atoms. The highest BCUT2D eigenvalue weighted by Gasteiger charge is 2.49. The SMILES string of the molecule is CCCCCCCCC=CCCCCCCCC(=O)OC(COC(=O)CC(CC(CC)C(F)(F)F)C(F)(F)F)COC(=O)CC(CC(CC)C(F)(F)F)C(F)(F)F. The Balaban J connectivity index is 5.35. The average Bonchev–Trinajstić information content (AvgIpc) is 3.09. The normalized spacial score (nSPS) is 15.6. The first kappa shape index (κ1) is 54.3. The quantitative estimate of drug-likeness (QED) is 0.0235. The van der Waals surface area contributed by atoms with Crippen molar-refractivity contribution in [2.24, 2.45) is 23.7 Å². The molecule has 0 radical (unpaired) electrons. The molecule has 0 aliphatic carbocycles. The van der Waals surface area contributed by atoms with Crippen LogP contribution in [-0.2, 0) is 28.6 Å². The van der Waals surface area contributed by atoms with Crippen LogP contribution in [0.3, 0.4) is 0 Å². The second-order valence-electron chi connectivity index (χ2n) is 14.5. The molecule has 0 rings (SSSR count). The van der Waals surface area contributed by atoms with Crippen LogP contribution in [0.15, 0.2) is 12.2 Å². The smallest absolute Gasteiger partial charge is 0.392 e. The number of ether oxygens (including phenoxy) is 3. The number of carbonyl (C=O) groups excluding carboxylic acids is 3. The van der Waals surface area contributed by atoms with Gasteiger partial charge in [-0.25, -0.2) is 0 Å². The van der Waals surface area contributed by atoms with Crippen LogP contribution in [0.4, 0.5) is 52.7 Å². The minimum atomic E-state index is -5.24. The Morgan fingerprint density at radius 2 is 0.825 bits per heavy atom. The molecule has 18 heteroatoms. The highest BCUT2D eigenvalue weighted by atomic mass is 19.4. The molecule has 0 saturated heterocycles. The Kier molecular flexibility index (Phi) is 26.6. The van der Waals surface area contributed by atoms with Crippen molar-refractivity contribution in [2.45, 2.75) is 180 Å². The standard InChI is InChI=1S/C39H60F12O6/c1-4-7-8-9-10-11-12-13-14-15-16-17-18-19-20-21-33(52)57-32(26-55-34(53)24-30(38(46,47)48)22-28(5-2)36(40,41)42)27-56-35(54)25-31(39(49,50)51)23-29(6-3)37(43,44)45/h13-14,28-32H,4-12,15-27H2,1-3H3. The molecule has 0 N–H and O–H groups in total. The molecule has 4 unspecified atom stereocenters. The number of hydrogen-bond donors (Lipinski definition) is 0. The largest absolute Gasteiger partial charge is 0.462 e. The van der Waals surface area contributed by atoms with Gasteiger partial charge in [0.25, 0.3) is 0 Å². The lowest BCUT2D eigenvalue weighted by atomic mass is 9.89. The van der Waals surface area contributed by atoms with Crippen LogP contribution < -0.4 is 0 Å². The van der Waals surface area contributed by atoms with Gasteiger partial charge in [-0.3, -0.25) is 14.4 Å². The van der Waals surface area contributed by atoms with Crippen molar-refractivity contribution >= 4 is 17.9 Å². The van der Waals surface area contributed by atoms with Gasteiger partial charge in [0.1, 0.15) is 13.2 Å². The Morgan fingerprint density at radius 1 is 0.474 bits per heavy atom. The Morgan fingerprint density at radius 3 is 1.18 bits per heavy atom. The van der Waals surface area contributed by atoms with Gasteiger partial charge in [-0.2, -0.15) is 52.7 Å². The molecule has 0 aromatic carbocycles. The summed E-state index contributed by atoms with van der Waals surface area (Å²) in [6.45, 7) is 2.05. The lowest BCUT2D eigenvalue weighted by Gasteiger charge is -2.26. The van der Waals surface area contributed by atoms with Gasteiger partial charge in [0.15, 0.2) is 6.10 Å². The van der Waals surface area contributed by atoms with Gasteiger partial charge in [-0.1, -0.05) is 84.3 Å². The first-order valence-corrected chi connectivity index (χ1v) is 19.9. The van der Waals surface area contributed by atoms with Crippen molar-refractivity contribution in [2.75, 3.05) is 13.2 Å². The van der Waals surface area contributed by atoms with E-state index < -0.39 is 124 Å². The molecule has 0 aliphatic rings. The third-order valence-electron chi connectivity index (χ3n) is 9.60. The number of esters is 3. The molecule has 0 heterocycles. The van der Waals surface area contributed by atoms with Crippen LogP contribution >= 0.6 is 0 Å². The molecule has 0 bridgehead atoms.